The van der Waals surface area contributed by atoms with E-state index in [-0.39, 0.29) is 11.6 Å². The lowest BCUT2D eigenvalue weighted by Crippen LogP contribution is -1.87. The lowest BCUT2D eigenvalue weighted by atomic mass is 10.3. The summed E-state index contributed by atoms with van der Waals surface area (Å²) in [5, 5.41) is 3.54. The summed E-state index contributed by atoms with van der Waals surface area (Å²) >= 11 is 0. The molecule has 0 aliphatic heterocycles. The van der Waals surface area contributed by atoms with Crippen LogP contribution in [0.3, 0.4) is 0 Å². The zero-order valence-electron chi connectivity index (χ0n) is 8.86. The largest absolute Gasteiger partial charge is 0.332 e. The van der Waals surface area contributed by atoms with Gasteiger partial charge in [0.15, 0.2) is 17.3 Å². The molecular weight excluding hydrogens is 197 g/mol. The van der Waals surface area contributed by atoms with Gasteiger partial charge in [-0.1, -0.05) is 19.0 Å². The van der Waals surface area contributed by atoms with Crippen LogP contribution in [0.25, 0.3) is 11.6 Å². The van der Waals surface area contributed by atoms with E-state index in [0.717, 1.165) is 0 Å². The van der Waals surface area contributed by atoms with Crippen LogP contribution >= 0.6 is 0 Å². The smallest absolute Gasteiger partial charge is 0.279 e. The Labute approximate surface area is 87.2 Å². The summed E-state index contributed by atoms with van der Waals surface area (Å²) in [6.45, 7) is 5.66. The number of rotatable bonds is 1. The molecule has 0 bridgehead atoms. The molecule has 15 heavy (non-hydrogen) atoms. The first kappa shape index (κ1) is 11.3. The van der Waals surface area contributed by atoms with Crippen molar-refractivity contribution in [3.8, 4) is 11.6 Å². The monoisotopic (exact) mass is 209 g/mol. The Bertz CT molecular complexity index is 428. The maximum Gasteiger partial charge on any atom is 0.279 e. The molecule has 0 aliphatic carbocycles. The molecule has 0 aromatic carbocycles. The molecule has 0 saturated heterocycles. The summed E-state index contributed by atoms with van der Waals surface area (Å²) < 4.78 is 17.9. The first-order chi connectivity index (χ1) is 7.27. The molecule has 0 amide bonds. The van der Waals surface area contributed by atoms with Gasteiger partial charge >= 0.3 is 0 Å². The predicted molar refractivity (Wildman–Crippen MR) is 53.6 cm³/mol. The summed E-state index contributed by atoms with van der Waals surface area (Å²) in [5.74, 6) is 0.0989. The Morgan fingerprint density at radius 2 is 2.07 bits per heavy atom. The van der Waals surface area contributed by atoms with Crippen LogP contribution < -0.4 is 0 Å². The molecule has 5 heteroatoms. The highest BCUT2D eigenvalue weighted by Gasteiger charge is 2.11. The van der Waals surface area contributed by atoms with Crippen LogP contribution in [-0.2, 0) is 0 Å². The van der Waals surface area contributed by atoms with Crippen molar-refractivity contribution in [2.24, 2.45) is 0 Å². The number of nitrogens with zero attached hydrogens (tertiary/aromatic N) is 3. The fraction of sp³-hybridized carbons (Fsp3) is 0.300. The van der Waals surface area contributed by atoms with Gasteiger partial charge in [-0.25, -0.2) is 9.37 Å². The van der Waals surface area contributed by atoms with E-state index in [1.54, 1.807) is 6.92 Å². The maximum atomic E-state index is 13.1. The van der Waals surface area contributed by atoms with Gasteiger partial charge in [-0.05, 0) is 19.1 Å². The highest BCUT2D eigenvalue weighted by Crippen LogP contribution is 2.16. The SMILES string of the molecule is CC.Cc1noc(-c2ncccc2F)n1. The van der Waals surface area contributed by atoms with Gasteiger partial charge in [0.1, 0.15) is 0 Å². The van der Waals surface area contributed by atoms with Crippen LogP contribution in [0.1, 0.15) is 19.7 Å². The first-order valence-corrected chi connectivity index (χ1v) is 4.68. The van der Waals surface area contributed by atoms with Crippen molar-refractivity contribution in [2.75, 3.05) is 0 Å². The van der Waals surface area contributed by atoms with Crippen LogP contribution in [-0.4, -0.2) is 15.1 Å². The quantitative estimate of drug-likeness (QED) is 0.724. The number of halogens is 1. The van der Waals surface area contributed by atoms with Gasteiger partial charge in [0, 0.05) is 6.20 Å². The van der Waals surface area contributed by atoms with Crippen molar-refractivity contribution in [3.63, 3.8) is 0 Å². The van der Waals surface area contributed by atoms with Gasteiger partial charge in [0.25, 0.3) is 5.89 Å². The van der Waals surface area contributed by atoms with Crippen LogP contribution in [0.5, 0.6) is 0 Å². The van der Waals surface area contributed by atoms with Crippen molar-refractivity contribution in [1.29, 1.82) is 0 Å². The molecule has 2 rings (SSSR count). The molecule has 0 unspecified atom stereocenters. The van der Waals surface area contributed by atoms with Gasteiger partial charge < -0.3 is 4.52 Å². The highest BCUT2D eigenvalue weighted by molar-refractivity contribution is 5.46. The average molecular weight is 209 g/mol. The van der Waals surface area contributed by atoms with Crippen LogP contribution in [0.2, 0.25) is 0 Å². The van der Waals surface area contributed by atoms with Gasteiger partial charge in [-0.3, -0.25) is 0 Å². The maximum absolute atomic E-state index is 13.1. The molecule has 0 fully saturated rings. The second-order valence-electron chi connectivity index (χ2n) is 2.48. The fourth-order valence-electron chi connectivity index (χ4n) is 0.936. The second-order valence-corrected chi connectivity index (χ2v) is 2.48. The van der Waals surface area contributed by atoms with Crippen molar-refractivity contribution < 1.29 is 8.91 Å². The predicted octanol–water partition coefficient (Wildman–Crippen LogP) is 2.61. The molecule has 2 aromatic heterocycles. The van der Waals surface area contributed by atoms with Gasteiger partial charge in [-0.15, -0.1) is 0 Å². The molecule has 0 aliphatic rings. The number of hydrogen-bond donors (Lipinski definition) is 0. The first-order valence-electron chi connectivity index (χ1n) is 4.68. The number of hydrogen-bond acceptors (Lipinski definition) is 4. The Morgan fingerprint density at radius 3 is 2.60 bits per heavy atom. The standard InChI is InChI=1S/C8H6FN3O.C2H6/c1-5-11-8(13-12-5)7-6(9)3-2-4-10-7;1-2/h2-4H,1H3;1-2H3. The van der Waals surface area contributed by atoms with Crippen LogP contribution in [0.15, 0.2) is 22.9 Å². The van der Waals surface area contributed by atoms with E-state index in [2.05, 4.69) is 15.1 Å². The van der Waals surface area contributed by atoms with Crippen molar-refractivity contribution in [2.45, 2.75) is 20.8 Å². The summed E-state index contributed by atoms with van der Waals surface area (Å²) in [6, 6.07) is 2.80. The second kappa shape index (κ2) is 5.19. The van der Waals surface area contributed by atoms with Gasteiger partial charge in [0.2, 0.25) is 0 Å². The molecule has 2 heterocycles. The molecule has 0 N–H and O–H groups in total. The average Bonchev–Trinajstić information content (AvgIpc) is 2.68. The van der Waals surface area contributed by atoms with Gasteiger partial charge in [-0.2, -0.15) is 4.98 Å². The number of aryl methyl sites for hydroxylation is 1. The Balaban J connectivity index is 0.000000531. The minimum absolute atomic E-state index is 0.0862. The lowest BCUT2D eigenvalue weighted by molar-refractivity contribution is 0.421. The number of aromatic nitrogens is 3. The molecular formula is C10H12FN3O. The lowest BCUT2D eigenvalue weighted by Gasteiger charge is -1.92. The molecule has 80 valence electrons. The third-order valence-corrected chi connectivity index (χ3v) is 1.49. The molecule has 0 radical (unpaired) electrons. The third-order valence-electron chi connectivity index (χ3n) is 1.49. The summed E-state index contributed by atoms with van der Waals surface area (Å²) in [7, 11) is 0. The summed E-state index contributed by atoms with van der Waals surface area (Å²) in [5.41, 5.74) is 0.0862. The Kier molecular flexibility index (Phi) is 3.91. The van der Waals surface area contributed by atoms with E-state index in [1.165, 1.54) is 18.3 Å². The summed E-state index contributed by atoms with van der Waals surface area (Å²) in [6.07, 6.45) is 1.47. The molecule has 0 saturated carbocycles. The molecule has 0 atom stereocenters. The normalized spacial score (nSPS) is 9.33. The van der Waals surface area contributed by atoms with E-state index < -0.39 is 5.82 Å². The Hall–Kier alpha value is -1.78. The number of pyridine rings is 1. The van der Waals surface area contributed by atoms with Crippen LogP contribution in [0.4, 0.5) is 4.39 Å². The van der Waals surface area contributed by atoms with Crippen molar-refractivity contribution >= 4 is 0 Å². The van der Waals surface area contributed by atoms with Crippen molar-refractivity contribution in [1.82, 2.24) is 15.1 Å². The third kappa shape index (κ3) is 2.59. The molecule has 4 nitrogen and oxygen atoms in total. The highest BCUT2D eigenvalue weighted by atomic mass is 19.1. The van der Waals surface area contributed by atoms with Crippen LogP contribution in [0, 0.1) is 12.7 Å². The molecule has 0 spiro atoms. The van der Waals surface area contributed by atoms with Crippen molar-refractivity contribution in [3.05, 3.63) is 30.0 Å². The van der Waals surface area contributed by atoms with E-state index in [0.29, 0.717) is 5.82 Å². The summed E-state index contributed by atoms with van der Waals surface area (Å²) in [4.78, 5) is 7.65. The fourth-order valence-corrected chi connectivity index (χ4v) is 0.936. The van der Waals surface area contributed by atoms with E-state index in [1.807, 2.05) is 13.8 Å². The zero-order valence-corrected chi connectivity index (χ0v) is 8.86. The zero-order chi connectivity index (χ0) is 11.3. The Morgan fingerprint density at radius 1 is 1.33 bits per heavy atom. The topological polar surface area (TPSA) is 51.8 Å². The van der Waals surface area contributed by atoms with E-state index >= 15 is 0 Å². The molecule has 2 aromatic rings. The minimum Gasteiger partial charge on any atom is -0.332 e. The van der Waals surface area contributed by atoms with Gasteiger partial charge in [0.05, 0.1) is 0 Å². The van der Waals surface area contributed by atoms with E-state index in [9.17, 15) is 4.39 Å². The minimum atomic E-state index is -0.467. The van der Waals surface area contributed by atoms with E-state index in [4.69, 9.17) is 4.52 Å².